The van der Waals surface area contributed by atoms with Crippen LogP contribution in [-0.4, -0.2) is 16.8 Å². The fraction of sp³-hybridized carbons (Fsp3) is 0.500. The average molecular weight is 261 g/mol. The summed E-state index contributed by atoms with van der Waals surface area (Å²) in [6, 6.07) is 2.35. The molecule has 2 rings (SSSR count). The molecule has 1 aliphatic heterocycles. The van der Waals surface area contributed by atoms with Crippen molar-refractivity contribution in [1.29, 1.82) is 0 Å². The van der Waals surface area contributed by atoms with Gasteiger partial charge >= 0.3 is 6.18 Å². The van der Waals surface area contributed by atoms with Crippen LogP contribution < -0.4 is 10.5 Å². The molecule has 6 heteroatoms. The summed E-state index contributed by atoms with van der Waals surface area (Å²) >= 11 is 0. The van der Waals surface area contributed by atoms with Crippen LogP contribution >= 0.6 is 0 Å². The first-order valence-electron chi connectivity index (χ1n) is 5.47. The van der Waals surface area contributed by atoms with Crippen LogP contribution in [0.1, 0.15) is 31.0 Å². The molecule has 0 aromatic heterocycles. The molecule has 3 nitrogen and oxygen atoms in total. The lowest BCUT2D eigenvalue weighted by Gasteiger charge is -2.40. The molecular formula is C12H14F3NO2. The topological polar surface area (TPSA) is 55.5 Å². The summed E-state index contributed by atoms with van der Waals surface area (Å²) in [7, 11) is 0. The molecule has 0 aliphatic carbocycles. The van der Waals surface area contributed by atoms with Crippen molar-refractivity contribution < 1.29 is 23.0 Å². The smallest absolute Gasteiger partial charge is 0.416 e. The minimum atomic E-state index is -4.43. The second-order valence-corrected chi connectivity index (χ2v) is 4.93. The predicted octanol–water partition coefficient (Wildman–Crippen LogP) is 2.24. The Morgan fingerprint density at radius 2 is 1.94 bits per heavy atom. The van der Waals surface area contributed by atoms with E-state index in [1.807, 2.05) is 0 Å². The SMILES string of the molecule is CC1(C)Oc2cc(C(F)(F)F)ccc2[C@@H](N)[C@@H]1O. The van der Waals surface area contributed by atoms with E-state index in [4.69, 9.17) is 10.5 Å². The maximum atomic E-state index is 12.6. The number of ether oxygens (including phenoxy) is 1. The highest BCUT2D eigenvalue weighted by molar-refractivity contribution is 5.43. The van der Waals surface area contributed by atoms with Crippen LogP contribution in [0, 0.1) is 0 Å². The number of aliphatic hydroxyl groups excluding tert-OH is 1. The van der Waals surface area contributed by atoms with Crippen molar-refractivity contribution in [3.63, 3.8) is 0 Å². The van der Waals surface area contributed by atoms with E-state index in [1.54, 1.807) is 13.8 Å². The van der Waals surface area contributed by atoms with Crippen LogP contribution in [0.4, 0.5) is 13.2 Å². The van der Waals surface area contributed by atoms with Crippen LogP contribution in [0.2, 0.25) is 0 Å². The van der Waals surface area contributed by atoms with Gasteiger partial charge in [-0.1, -0.05) is 6.07 Å². The van der Waals surface area contributed by atoms with E-state index in [1.165, 1.54) is 6.07 Å². The number of hydrogen-bond acceptors (Lipinski definition) is 3. The van der Waals surface area contributed by atoms with Crippen molar-refractivity contribution in [1.82, 2.24) is 0 Å². The summed E-state index contributed by atoms with van der Waals surface area (Å²) in [5.74, 6) is 0.0765. The minimum Gasteiger partial charge on any atom is -0.485 e. The summed E-state index contributed by atoms with van der Waals surface area (Å²) in [6.07, 6.45) is -5.40. The number of nitrogens with two attached hydrogens (primary N) is 1. The van der Waals surface area contributed by atoms with E-state index in [-0.39, 0.29) is 5.75 Å². The molecule has 1 heterocycles. The van der Waals surface area contributed by atoms with E-state index in [9.17, 15) is 18.3 Å². The number of benzene rings is 1. The van der Waals surface area contributed by atoms with Gasteiger partial charge in [-0.2, -0.15) is 13.2 Å². The fourth-order valence-corrected chi connectivity index (χ4v) is 2.02. The van der Waals surface area contributed by atoms with Crippen molar-refractivity contribution in [3.8, 4) is 5.75 Å². The van der Waals surface area contributed by atoms with Gasteiger partial charge in [0.05, 0.1) is 11.6 Å². The third-order valence-electron chi connectivity index (χ3n) is 3.13. The van der Waals surface area contributed by atoms with Crippen LogP contribution in [0.5, 0.6) is 5.75 Å². The highest BCUT2D eigenvalue weighted by atomic mass is 19.4. The van der Waals surface area contributed by atoms with Gasteiger partial charge in [-0.05, 0) is 26.0 Å². The van der Waals surface area contributed by atoms with E-state index >= 15 is 0 Å². The molecule has 0 saturated heterocycles. The molecule has 0 bridgehead atoms. The molecule has 1 aliphatic rings. The number of fused-ring (bicyclic) bond motifs is 1. The lowest BCUT2D eigenvalue weighted by atomic mass is 9.87. The molecule has 0 unspecified atom stereocenters. The van der Waals surface area contributed by atoms with E-state index in [0.717, 1.165) is 12.1 Å². The first-order chi connectivity index (χ1) is 8.13. The maximum Gasteiger partial charge on any atom is 0.416 e. The molecule has 0 saturated carbocycles. The Kier molecular flexibility index (Phi) is 2.82. The zero-order chi connectivity index (χ0) is 13.7. The molecule has 0 fully saturated rings. The molecule has 0 spiro atoms. The van der Waals surface area contributed by atoms with E-state index in [2.05, 4.69) is 0 Å². The number of rotatable bonds is 0. The average Bonchev–Trinajstić information content (AvgIpc) is 2.23. The van der Waals surface area contributed by atoms with Crippen LogP contribution in [0.25, 0.3) is 0 Å². The summed E-state index contributed by atoms with van der Waals surface area (Å²) in [6.45, 7) is 3.17. The Hall–Kier alpha value is -1.27. The first kappa shape index (κ1) is 13.2. The van der Waals surface area contributed by atoms with E-state index in [0.29, 0.717) is 5.56 Å². The fourth-order valence-electron chi connectivity index (χ4n) is 2.02. The van der Waals surface area contributed by atoms with Gasteiger partial charge in [0.1, 0.15) is 17.5 Å². The molecule has 1 aromatic carbocycles. The molecule has 100 valence electrons. The number of alkyl halides is 3. The van der Waals surface area contributed by atoms with Gasteiger partial charge in [0.15, 0.2) is 0 Å². The van der Waals surface area contributed by atoms with Gasteiger partial charge in [0.25, 0.3) is 0 Å². The highest BCUT2D eigenvalue weighted by Crippen LogP contribution is 2.41. The Morgan fingerprint density at radius 1 is 1.33 bits per heavy atom. The van der Waals surface area contributed by atoms with E-state index < -0.39 is 29.5 Å². The Balaban J connectivity index is 2.49. The molecular weight excluding hydrogens is 247 g/mol. The van der Waals surface area contributed by atoms with Crippen LogP contribution in [0.3, 0.4) is 0 Å². The van der Waals surface area contributed by atoms with Crippen molar-refractivity contribution in [2.24, 2.45) is 5.73 Å². The molecule has 18 heavy (non-hydrogen) atoms. The van der Waals surface area contributed by atoms with Crippen molar-refractivity contribution in [2.75, 3.05) is 0 Å². The van der Waals surface area contributed by atoms with Crippen molar-refractivity contribution in [3.05, 3.63) is 29.3 Å². The standard InChI is InChI=1S/C12H14F3NO2/c1-11(2)10(17)9(16)7-4-3-6(12(13,14)15)5-8(7)18-11/h3-5,9-10,17H,16H2,1-2H3/t9-,10+/m1/s1. The van der Waals surface area contributed by atoms with Crippen molar-refractivity contribution in [2.45, 2.75) is 37.8 Å². The first-order valence-corrected chi connectivity index (χ1v) is 5.47. The second kappa shape index (κ2) is 3.86. The van der Waals surface area contributed by atoms with Crippen molar-refractivity contribution >= 4 is 0 Å². The van der Waals surface area contributed by atoms with Crippen LogP contribution in [-0.2, 0) is 6.18 Å². The summed E-state index contributed by atoms with van der Waals surface area (Å²) in [4.78, 5) is 0. The summed E-state index contributed by atoms with van der Waals surface area (Å²) in [5.41, 5.74) is 4.39. The van der Waals surface area contributed by atoms with Gasteiger partial charge in [0, 0.05) is 5.56 Å². The Morgan fingerprint density at radius 3 is 2.50 bits per heavy atom. The van der Waals surface area contributed by atoms with Gasteiger partial charge in [-0.15, -0.1) is 0 Å². The maximum absolute atomic E-state index is 12.6. The van der Waals surface area contributed by atoms with Gasteiger partial charge in [-0.25, -0.2) is 0 Å². The molecule has 0 radical (unpaired) electrons. The molecule has 1 aromatic rings. The number of aliphatic hydroxyl groups is 1. The molecule has 3 N–H and O–H groups in total. The zero-order valence-electron chi connectivity index (χ0n) is 9.95. The number of hydrogen-bond donors (Lipinski definition) is 2. The van der Waals surface area contributed by atoms with Gasteiger partial charge in [0.2, 0.25) is 0 Å². The summed E-state index contributed by atoms with van der Waals surface area (Å²) < 4.78 is 43.2. The summed E-state index contributed by atoms with van der Waals surface area (Å²) in [5, 5.41) is 9.91. The monoisotopic (exact) mass is 261 g/mol. The Bertz CT molecular complexity index is 471. The molecule has 2 atom stereocenters. The zero-order valence-corrected chi connectivity index (χ0v) is 9.95. The lowest BCUT2D eigenvalue weighted by molar-refractivity contribution is -0.138. The predicted molar refractivity (Wildman–Crippen MR) is 59.1 cm³/mol. The van der Waals surface area contributed by atoms with Crippen LogP contribution in [0.15, 0.2) is 18.2 Å². The van der Waals surface area contributed by atoms with Gasteiger partial charge < -0.3 is 15.6 Å². The normalized spacial score (nSPS) is 26.4. The third kappa shape index (κ3) is 2.06. The van der Waals surface area contributed by atoms with Gasteiger partial charge in [-0.3, -0.25) is 0 Å². The third-order valence-corrected chi connectivity index (χ3v) is 3.13. The Labute approximate surface area is 102 Å². The molecule has 0 amide bonds. The minimum absolute atomic E-state index is 0.0765. The highest BCUT2D eigenvalue weighted by Gasteiger charge is 2.42. The quantitative estimate of drug-likeness (QED) is 0.753. The largest absolute Gasteiger partial charge is 0.485 e. The second-order valence-electron chi connectivity index (χ2n) is 4.93. The lowest BCUT2D eigenvalue weighted by Crippen LogP contribution is -2.51. The number of halogens is 3.